The summed E-state index contributed by atoms with van der Waals surface area (Å²) in [5.41, 5.74) is 1.49. The van der Waals surface area contributed by atoms with Crippen LogP contribution in [0.15, 0.2) is 11.6 Å². The minimum atomic E-state index is 0.646. The molecule has 0 atom stereocenters. The van der Waals surface area contributed by atoms with Gasteiger partial charge in [0, 0.05) is 19.1 Å². The molecule has 0 bridgehead atoms. The van der Waals surface area contributed by atoms with Gasteiger partial charge in [0.2, 0.25) is 0 Å². The third kappa shape index (κ3) is 3.46. The van der Waals surface area contributed by atoms with E-state index >= 15 is 0 Å². The molecular formula is C10H20N2O. The minimum Gasteiger partial charge on any atom is -0.304 e. The lowest BCUT2D eigenvalue weighted by atomic mass is 10.0. The van der Waals surface area contributed by atoms with Crippen molar-refractivity contribution in [3.8, 4) is 0 Å². The summed E-state index contributed by atoms with van der Waals surface area (Å²) in [6.07, 6.45) is 4.46. The van der Waals surface area contributed by atoms with Crippen molar-refractivity contribution < 1.29 is 4.84 Å². The van der Waals surface area contributed by atoms with E-state index in [1.54, 1.807) is 0 Å². The van der Waals surface area contributed by atoms with Crippen LogP contribution in [0.5, 0.6) is 0 Å². The van der Waals surface area contributed by atoms with Gasteiger partial charge in [0.05, 0.1) is 6.61 Å². The highest BCUT2D eigenvalue weighted by atomic mass is 16.6. The van der Waals surface area contributed by atoms with Gasteiger partial charge in [-0.25, -0.2) is 5.90 Å². The van der Waals surface area contributed by atoms with Crippen LogP contribution in [-0.2, 0) is 4.84 Å². The molecular weight excluding hydrogens is 164 g/mol. The van der Waals surface area contributed by atoms with Crippen LogP contribution in [0.2, 0.25) is 0 Å². The first-order valence-electron chi connectivity index (χ1n) is 4.97. The van der Waals surface area contributed by atoms with E-state index in [9.17, 15) is 0 Å². The van der Waals surface area contributed by atoms with Crippen molar-refractivity contribution in [1.29, 1.82) is 0 Å². The predicted molar refractivity (Wildman–Crippen MR) is 54.2 cm³/mol. The van der Waals surface area contributed by atoms with Gasteiger partial charge in [0.15, 0.2) is 0 Å². The third-order valence-electron chi connectivity index (χ3n) is 2.61. The average molecular weight is 184 g/mol. The fraction of sp³-hybridized carbons (Fsp3) is 0.800. The Morgan fingerprint density at radius 1 is 1.62 bits per heavy atom. The van der Waals surface area contributed by atoms with E-state index in [1.807, 2.05) is 0 Å². The van der Waals surface area contributed by atoms with Gasteiger partial charge in [0.25, 0.3) is 0 Å². The number of hydrogen-bond donors (Lipinski definition) is 1. The summed E-state index contributed by atoms with van der Waals surface area (Å²) in [6.45, 7) is 7.38. The second kappa shape index (κ2) is 5.37. The molecule has 1 heterocycles. The molecule has 0 saturated heterocycles. The van der Waals surface area contributed by atoms with Crippen LogP contribution in [0.3, 0.4) is 0 Å². The van der Waals surface area contributed by atoms with Gasteiger partial charge in [0.1, 0.15) is 0 Å². The minimum absolute atomic E-state index is 0.646. The normalized spacial score (nSPS) is 19.2. The number of nitrogens with two attached hydrogens (primary N) is 1. The maximum absolute atomic E-state index is 4.98. The molecule has 0 fully saturated rings. The fourth-order valence-electron chi connectivity index (χ4n) is 1.61. The van der Waals surface area contributed by atoms with Gasteiger partial charge < -0.3 is 4.84 Å². The maximum Gasteiger partial charge on any atom is 0.0716 e. The van der Waals surface area contributed by atoms with E-state index in [0.29, 0.717) is 12.6 Å². The molecule has 1 rings (SSSR count). The molecule has 0 aliphatic carbocycles. The van der Waals surface area contributed by atoms with Gasteiger partial charge in [-0.3, -0.25) is 4.90 Å². The summed E-state index contributed by atoms with van der Waals surface area (Å²) in [7, 11) is 0. The predicted octanol–water partition coefficient (Wildman–Crippen LogP) is 1.31. The molecule has 76 valence electrons. The second-order valence-electron chi connectivity index (χ2n) is 3.82. The Labute approximate surface area is 80.5 Å². The summed E-state index contributed by atoms with van der Waals surface area (Å²) >= 11 is 0. The van der Waals surface area contributed by atoms with Crippen LogP contribution >= 0.6 is 0 Å². The first-order valence-corrected chi connectivity index (χ1v) is 4.97. The topological polar surface area (TPSA) is 38.5 Å². The van der Waals surface area contributed by atoms with Crippen LogP contribution in [-0.4, -0.2) is 30.6 Å². The Morgan fingerprint density at radius 3 is 2.85 bits per heavy atom. The largest absolute Gasteiger partial charge is 0.304 e. The summed E-state index contributed by atoms with van der Waals surface area (Å²) in [5, 5.41) is 0. The van der Waals surface area contributed by atoms with Crippen molar-refractivity contribution >= 4 is 0 Å². The zero-order valence-corrected chi connectivity index (χ0v) is 8.62. The molecule has 2 N–H and O–H groups in total. The lowest BCUT2D eigenvalue weighted by molar-refractivity contribution is 0.139. The van der Waals surface area contributed by atoms with Crippen molar-refractivity contribution in [2.75, 3.05) is 19.7 Å². The van der Waals surface area contributed by atoms with Gasteiger partial charge in [-0.1, -0.05) is 11.6 Å². The molecule has 0 saturated carbocycles. The Balaban J connectivity index is 2.30. The quantitative estimate of drug-likeness (QED) is 0.529. The summed E-state index contributed by atoms with van der Waals surface area (Å²) in [6, 6.07) is 0.656. The van der Waals surface area contributed by atoms with Crippen molar-refractivity contribution in [2.45, 2.75) is 32.7 Å². The van der Waals surface area contributed by atoms with E-state index < -0.39 is 0 Å². The Morgan fingerprint density at radius 2 is 2.38 bits per heavy atom. The molecule has 0 aromatic carbocycles. The number of nitrogens with zero attached hydrogens (tertiary/aromatic N) is 1. The monoisotopic (exact) mass is 184 g/mol. The Kier molecular flexibility index (Phi) is 4.42. The van der Waals surface area contributed by atoms with E-state index in [0.717, 1.165) is 13.0 Å². The van der Waals surface area contributed by atoms with Gasteiger partial charge in [-0.05, 0) is 26.7 Å². The maximum atomic E-state index is 4.98. The molecule has 0 aromatic heterocycles. The lowest BCUT2D eigenvalue weighted by Crippen LogP contribution is -2.34. The molecule has 1 aliphatic rings. The van der Waals surface area contributed by atoms with Crippen molar-refractivity contribution in [3.63, 3.8) is 0 Å². The smallest absolute Gasteiger partial charge is 0.0716 e. The van der Waals surface area contributed by atoms with Crippen LogP contribution in [0.4, 0.5) is 0 Å². The van der Waals surface area contributed by atoms with Crippen LogP contribution in [0, 0.1) is 0 Å². The van der Waals surface area contributed by atoms with Gasteiger partial charge >= 0.3 is 0 Å². The molecule has 0 unspecified atom stereocenters. The van der Waals surface area contributed by atoms with Crippen molar-refractivity contribution in [3.05, 3.63) is 11.6 Å². The number of hydrogen-bond acceptors (Lipinski definition) is 3. The average Bonchev–Trinajstić information content (AvgIpc) is 2.15. The third-order valence-corrected chi connectivity index (χ3v) is 2.61. The number of rotatable bonds is 4. The standard InChI is InChI=1S/C10H20N2O/c1-9(2)12-6-3-10(4-7-12)5-8-13-11/h3,9H,4-8,11H2,1-2H3. The summed E-state index contributed by atoms with van der Waals surface area (Å²) in [4.78, 5) is 7.03. The Bertz CT molecular complexity index is 178. The molecule has 0 aromatic rings. The van der Waals surface area contributed by atoms with Crippen LogP contribution in [0.25, 0.3) is 0 Å². The first kappa shape index (κ1) is 10.7. The molecule has 0 amide bonds. The van der Waals surface area contributed by atoms with E-state index in [1.165, 1.54) is 18.5 Å². The zero-order chi connectivity index (χ0) is 9.68. The highest BCUT2D eigenvalue weighted by molar-refractivity contribution is 5.07. The molecule has 0 radical (unpaired) electrons. The van der Waals surface area contributed by atoms with Crippen LogP contribution < -0.4 is 5.90 Å². The lowest BCUT2D eigenvalue weighted by Gasteiger charge is -2.29. The Hall–Kier alpha value is -0.380. The van der Waals surface area contributed by atoms with Crippen LogP contribution in [0.1, 0.15) is 26.7 Å². The summed E-state index contributed by atoms with van der Waals surface area (Å²) in [5.74, 6) is 4.98. The fourth-order valence-corrected chi connectivity index (χ4v) is 1.61. The highest BCUT2D eigenvalue weighted by Gasteiger charge is 2.13. The highest BCUT2D eigenvalue weighted by Crippen LogP contribution is 2.15. The van der Waals surface area contributed by atoms with Gasteiger partial charge in [-0.15, -0.1) is 0 Å². The van der Waals surface area contributed by atoms with E-state index in [2.05, 4.69) is 29.7 Å². The van der Waals surface area contributed by atoms with Crippen molar-refractivity contribution in [1.82, 2.24) is 4.90 Å². The van der Waals surface area contributed by atoms with E-state index in [-0.39, 0.29) is 0 Å². The molecule has 3 heteroatoms. The zero-order valence-electron chi connectivity index (χ0n) is 8.62. The molecule has 1 aliphatic heterocycles. The van der Waals surface area contributed by atoms with Crippen molar-refractivity contribution in [2.24, 2.45) is 5.90 Å². The molecule has 0 spiro atoms. The summed E-state index contributed by atoms with van der Waals surface area (Å²) < 4.78 is 0. The molecule has 13 heavy (non-hydrogen) atoms. The first-order chi connectivity index (χ1) is 6.24. The molecule has 3 nitrogen and oxygen atoms in total. The van der Waals surface area contributed by atoms with E-state index in [4.69, 9.17) is 5.90 Å². The second-order valence-corrected chi connectivity index (χ2v) is 3.82. The SMILES string of the molecule is CC(C)N1CC=C(CCON)CC1. The van der Waals surface area contributed by atoms with Gasteiger partial charge in [-0.2, -0.15) is 0 Å².